The third kappa shape index (κ3) is 5.50. The van der Waals surface area contributed by atoms with Crippen LogP contribution in [-0.2, 0) is 10.0 Å². The van der Waals surface area contributed by atoms with E-state index in [1.807, 2.05) is 32.9 Å². The molecule has 0 bridgehead atoms. The van der Waals surface area contributed by atoms with Gasteiger partial charge in [-0.2, -0.15) is 0 Å². The Labute approximate surface area is 123 Å². The maximum absolute atomic E-state index is 11.1. The second-order valence-corrected chi connectivity index (χ2v) is 7.24. The fourth-order valence-electron chi connectivity index (χ4n) is 1.82. The SMILES string of the molecule is CCC(COc1cc(C)c(Br)c(C)c1)CS(N)(=O)=O. The van der Waals surface area contributed by atoms with E-state index in [0.29, 0.717) is 13.0 Å². The molecule has 0 amide bonds. The zero-order valence-electron chi connectivity index (χ0n) is 11.4. The average Bonchev–Trinajstić information content (AvgIpc) is 2.29. The Morgan fingerprint density at radius 1 is 1.32 bits per heavy atom. The first-order valence-corrected chi connectivity index (χ1v) is 8.63. The summed E-state index contributed by atoms with van der Waals surface area (Å²) < 4.78 is 28.9. The molecule has 0 radical (unpaired) electrons. The van der Waals surface area contributed by atoms with Gasteiger partial charge in [-0.05, 0) is 43.5 Å². The van der Waals surface area contributed by atoms with Gasteiger partial charge in [0.1, 0.15) is 5.75 Å². The number of aryl methyl sites for hydroxylation is 2. The molecule has 108 valence electrons. The highest BCUT2D eigenvalue weighted by atomic mass is 79.9. The first-order chi connectivity index (χ1) is 8.73. The summed E-state index contributed by atoms with van der Waals surface area (Å²) in [6.07, 6.45) is 0.713. The van der Waals surface area contributed by atoms with Crippen LogP contribution in [0.15, 0.2) is 16.6 Å². The first kappa shape index (κ1) is 16.5. The summed E-state index contributed by atoms with van der Waals surface area (Å²) in [6.45, 7) is 6.27. The summed E-state index contributed by atoms with van der Waals surface area (Å²) in [6, 6.07) is 3.86. The molecule has 0 heterocycles. The van der Waals surface area contributed by atoms with Gasteiger partial charge in [-0.1, -0.05) is 22.9 Å². The van der Waals surface area contributed by atoms with Crippen LogP contribution in [0.4, 0.5) is 0 Å². The minimum atomic E-state index is -3.45. The minimum Gasteiger partial charge on any atom is -0.493 e. The Bertz CT molecular complexity index is 520. The maximum atomic E-state index is 11.1. The fourth-order valence-corrected chi connectivity index (χ4v) is 3.03. The van der Waals surface area contributed by atoms with Crippen molar-refractivity contribution in [3.63, 3.8) is 0 Å². The van der Waals surface area contributed by atoms with Crippen LogP contribution in [0, 0.1) is 19.8 Å². The Morgan fingerprint density at radius 2 is 1.84 bits per heavy atom. The molecular formula is C13H20BrNO3S. The third-order valence-corrected chi connectivity index (χ3v) is 5.13. The molecule has 0 fully saturated rings. The van der Waals surface area contributed by atoms with Crippen molar-refractivity contribution in [3.8, 4) is 5.75 Å². The Kier molecular flexibility index (Phi) is 5.82. The van der Waals surface area contributed by atoms with Gasteiger partial charge in [-0.15, -0.1) is 0 Å². The number of ether oxygens (including phenoxy) is 1. The lowest BCUT2D eigenvalue weighted by Gasteiger charge is -2.16. The van der Waals surface area contributed by atoms with Crippen LogP contribution in [0.1, 0.15) is 24.5 Å². The lowest BCUT2D eigenvalue weighted by molar-refractivity contribution is 0.257. The van der Waals surface area contributed by atoms with E-state index in [0.717, 1.165) is 21.3 Å². The minimum absolute atomic E-state index is 0.0437. The van der Waals surface area contributed by atoms with Crippen LogP contribution in [0.25, 0.3) is 0 Å². The maximum Gasteiger partial charge on any atom is 0.209 e. The number of hydrogen-bond acceptors (Lipinski definition) is 3. The number of halogens is 1. The van der Waals surface area contributed by atoms with Gasteiger partial charge in [-0.3, -0.25) is 0 Å². The molecule has 0 aliphatic rings. The first-order valence-electron chi connectivity index (χ1n) is 6.13. The number of hydrogen-bond donors (Lipinski definition) is 1. The lowest BCUT2D eigenvalue weighted by atomic mass is 10.1. The molecule has 4 nitrogen and oxygen atoms in total. The summed E-state index contributed by atoms with van der Waals surface area (Å²) in [4.78, 5) is 0. The summed E-state index contributed by atoms with van der Waals surface area (Å²) in [5.41, 5.74) is 2.18. The van der Waals surface area contributed by atoms with E-state index in [-0.39, 0.29) is 11.7 Å². The highest BCUT2D eigenvalue weighted by Crippen LogP contribution is 2.26. The van der Waals surface area contributed by atoms with E-state index in [2.05, 4.69) is 15.9 Å². The van der Waals surface area contributed by atoms with Crippen LogP contribution >= 0.6 is 15.9 Å². The number of rotatable bonds is 6. The number of primary sulfonamides is 1. The number of sulfonamides is 1. The highest BCUT2D eigenvalue weighted by Gasteiger charge is 2.15. The van der Waals surface area contributed by atoms with Gasteiger partial charge >= 0.3 is 0 Å². The monoisotopic (exact) mass is 349 g/mol. The van der Waals surface area contributed by atoms with Gasteiger partial charge in [0.05, 0.1) is 12.4 Å². The van der Waals surface area contributed by atoms with Crippen molar-refractivity contribution in [2.24, 2.45) is 11.1 Å². The van der Waals surface area contributed by atoms with Gasteiger partial charge in [0, 0.05) is 10.4 Å². The van der Waals surface area contributed by atoms with Crippen LogP contribution in [0.3, 0.4) is 0 Å². The Balaban J connectivity index is 2.70. The zero-order chi connectivity index (χ0) is 14.6. The molecule has 0 spiro atoms. The molecule has 1 atom stereocenters. The van der Waals surface area contributed by atoms with E-state index in [4.69, 9.17) is 9.88 Å². The number of nitrogens with two attached hydrogens (primary N) is 1. The fraction of sp³-hybridized carbons (Fsp3) is 0.538. The topological polar surface area (TPSA) is 69.4 Å². The van der Waals surface area contributed by atoms with Gasteiger partial charge in [-0.25, -0.2) is 13.6 Å². The molecule has 0 aliphatic carbocycles. The second-order valence-electron chi connectivity index (χ2n) is 4.79. The Hall–Kier alpha value is -0.590. The summed E-state index contributed by atoms with van der Waals surface area (Å²) >= 11 is 3.50. The van der Waals surface area contributed by atoms with E-state index in [1.54, 1.807) is 0 Å². The molecule has 1 aromatic carbocycles. The predicted molar refractivity (Wildman–Crippen MR) is 80.9 cm³/mol. The van der Waals surface area contributed by atoms with E-state index in [9.17, 15) is 8.42 Å². The zero-order valence-corrected chi connectivity index (χ0v) is 13.8. The molecule has 6 heteroatoms. The van der Waals surface area contributed by atoms with Crippen molar-refractivity contribution in [1.82, 2.24) is 0 Å². The Morgan fingerprint density at radius 3 is 2.26 bits per heavy atom. The highest BCUT2D eigenvalue weighted by molar-refractivity contribution is 9.10. The summed E-state index contributed by atoms with van der Waals surface area (Å²) in [7, 11) is -3.45. The molecule has 1 aromatic rings. The normalized spacial score (nSPS) is 13.3. The standard InChI is InChI=1S/C13H20BrNO3S/c1-4-11(8-19(15,16)17)7-18-12-5-9(2)13(14)10(3)6-12/h5-6,11H,4,7-8H2,1-3H3,(H2,15,16,17). The van der Waals surface area contributed by atoms with Crippen molar-refractivity contribution in [2.45, 2.75) is 27.2 Å². The molecule has 0 saturated carbocycles. The molecule has 0 saturated heterocycles. The molecule has 19 heavy (non-hydrogen) atoms. The molecule has 0 aliphatic heterocycles. The van der Waals surface area contributed by atoms with Crippen LogP contribution < -0.4 is 9.88 Å². The van der Waals surface area contributed by atoms with Crippen molar-refractivity contribution >= 4 is 26.0 Å². The molecule has 2 N–H and O–H groups in total. The van der Waals surface area contributed by atoms with Crippen molar-refractivity contribution in [2.75, 3.05) is 12.4 Å². The summed E-state index contributed by atoms with van der Waals surface area (Å²) in [5, 5.41) is 5.06. The smallest absolute Gasteiger partial charge is 0.209 e. The second kappa shape index (κ2) is 6.72. The van der Waals surface area contributed by atoms with Gasteiger partial charge in [0.2, 0.25) is 10.0 Å². The molecule has 1 unspecified atom stereocenters. The predicted octanol–water partition coefficient (Wildman–Crippen LogP) is 2.76. The van der Waals surface area contributed by atoms with E-state index >= 15 is 0 Å². The third-order valence-electron chi connectivity index (χ3n) is 2.94. The quantitative estimate of drug-likeness (QED) is 0.858. The van der Waals surface area contributed by atoms with E-state index < -0.39 is 10.0 Å². The molecular weight excluding hydrogens is 330 g/mol. The lowest BCUT2D eigenvalue weighted by Crippen LogP contribution is -2.26. The van der Waals surface area contributed by atoms with Crippen molar-refractivity contribution < 1.29 is 13.2 Å². The summed E-state index contributed by atoms with van der Waals surface area (Å²) in [5.74, 6) is 0.628. The van der Waals surface area contributed by atoms with Crippen LogP contribution in [0.2, 0.25) is 0 Å². The van der Waals surface area contributed by atoms with Crippen LogP contribution in [-0.4, -0.2) is 20.8 Å². The average molecular weight is 350 g/mol. The molecule has 0 aromatic heterocycles. The number of benzene rings is 1. The van der Waals surface area contributed by atoms with Gasteiger partial charge in [0.25, 0.3) is 0 Å². The molecule has 1 rings (SSSR count). The van der Waals surface area contributed by atoms with Crippen molar-refractivity contribution in [3.05, 3.63) is 27.7 Å². The van der Waals surface area contributed by atoms with Crippen LogP contribution in [0.5, 0.6) is 5.75 Å². The van der Waals surface area contributed by atoms with Gasteiger partial charge in [0.15, 0.2) is 0 Å². The van der Waals surface area contributed by atoms with E-state index in [1.165, 1.54) is 0 Å². The largest absolute Gasteiger partial charge is 0.493 e. The van der Waals surface area contributed by atoms with Crippen molar-refractivity contribution in [1.29, 1.82) is 0 Å². The van der Waals surface area contributed by atoms with Gasteiger partial charge < -0.3 is 4.74 Å².